The molecule has 0 atom stereocenters. The summed E-state index contributed by atoms with van der Waals surface area (Å²) in [5, 5.41) is 2.62. The van der Waals surface area contributed by atoms with Crippen LogP contribution in [0.3, 0.4) is 0 Å². The van der Waals surface area contributed by atoms with Crippen LogP contribution in [0.15, 0.2) is 54.9 Å². The van der Waals surface area contributed by atoms with Gasteiger partial charge in [-0.05, 0) is 36.9 Å². The zero-order valence-corrected chi connectivity index (χ0v) is 10.1. The maximum Gasteiger partial charge on any atom is 0.0556 e. The molecule has 2 aromatic carbocycles. The van der Waals surface area contributed by atoms with Crippen LogP contribution < -0.4 is 0 Å². The van der Waals surface area contributed by atoms with Crippen molar-refractivity contribution in [1.29, 1.82) is 0 Å². The van der Waals surface area contributed by atoms with Crippen molar-refractivity contribution < 1.29 is 0 Å². The Morgan fingerprint density at radius 3 is 2.41 bits per heavy atom. The maximum absolute atomic E-state index is 2.24. The Morgan fingerprint density at radius 2 is 1.65 bits per heavy atom. The second-order valence-corrected chi connectivity index (χ2v) is 4.55. The average molecular weight is 221 g/mol. The molecule has 0 amide bonds. The van der Waals surface area contributed by atoms with Crippen molar-refractivity contribution >= 4 is 10.8 Å². The van der Waals surface area contributed by atoms with Crippen molar-refractivity contribution in [1.82, 2.24) is 4.57 Å². The third-order valence-electron chi connectivity index (χ3n) is 3.21. The molecule has 0 fully saturated rings. The van der Waals surface area contributed by atoms with Crippen LogP contribution in [0.1, 0.15) is 11.1 Å². The molecular weight excluding hydrogens is 206 g/mol. The van der Waals surface area contributed by atoms with Crippen LogP contribution in [0.2, 0.25) is 0 Å². The third-order valence-corrected chi connectivity index (χ3v) is 3.21. The molecule has 1 heteroatoms. The number of fused-ring (bicyclic) bond motifs is 1. The van der Waals surface area contributed by atoms with Gasteiger partial charge in [0.15, 0.2) is 0 Å². The predicted molar refractivity (Wildman–Crippen MR) is 72.7 cm³/mol. The van der Waals surface area contributed by atoms with E-state index >= 15 is 0 Å². The van der Waals surface area contributed by atoms with Gasteiger partial charge in [0.05, 0.1) is 5.69 Å². The van der Waals surface area contributed by atoms with Crippen LogP contribution in [0.4, 0.5) is 0 Å². The van der Waals surface area contributed by atoms with Gasteiger partial charge in [-0.2, -0.15) is 0 Å². The van der Waals surface area contributed by atoms with E-state index in [0.29, 0.717) is 0 Å². The lowest BCUT2D eigenvalue weighted by Crippen LogP contribution is -1.95. The summed E-state index contributed by atoms with van der Waals surface area (Å²) in [5.41, 5.74) is 3.89. The zero-order chi connectivity index (χ0) is 11.8. The molecule has 0 aliphatic rings. The number of hydrogen-bond donors (Lipinski definition) is 0. The molecular formula is C16H15N. The van der Waals surface area contributed by atoms with Crippen LogP contribution in [0.5, 0.6) is 0 Å². The fourth-order valence-electron chi connectivity index (χ4n) is 2.37. The Bertz CT molecular complexity index is 663. The van der Waals surface area contributed by atoms with Gasteiger partial charge in [0.25, 0.3) is 0 Å². The molecule has 0 bridgehead atoms. The number of aromatic nitrogens is 1. The number of benzene rings is 2. The second kappa shape index (κ2) is 3.77. The predicted octanol–water partition coefficient (Wildman–Crippen LogP) is 4.25. The largest absolute Gasteiger partial charge is 0.323 e. The van der Waals surface area contributed by atoms with E-state index < -0.39 is 0 Å². The Kier molecular flexibility index (Phi) is 2.25. The van der Waals surface area contributed by atoms with E-state index in [4.69, 9.17) is 0 Å². The summed E-state index contributed by atoms with van der Waals surface area (Å²) < 4.78 is 2.19. The van der Waals surface area contributed by atoms with Gasteiger partial charge in [-0.3, -0.25) is 0 Å². The summed E-state index contributed by atoms with van der Waals surface area (Å²) in [6.45, 7) is 4.29. The fraction of sp³-hybridized carbons (Fsp3) is 0.125. The average Bonchev–Trinajstić information content (AvgIpc) is 2.82. The van der Waals surface area contributed by atoms with E-state index in [0.717, 1.165) is 0 Å². The molecule has 0 aliphatic carbocycles. The van der Waals surface area contributed by atoms with Crippen molar-refractivity contribution in [2.75, 3.05) is 0 Å². The third kappa shape index (κ3) is 1.64. The molecule has 84 valence electrons. The minimum absolute atomic E-state index is 1.28. The molecule has 0 saturated carbocycles. The van der Waals surface area contributed by atoms with Crippen LogP contribution >= 0.6 is 0 Å². The van der Waals surface area contributed by atoms with E-state index in [1.54, 1.807) is 0 Å². The first-order chi connectivity index (χ1) is 8.25. The molecule has 1 aromatic heterocycles. The van der Waals surface area contributed by atoms with Crippen LogP contribution in [-0.4, -0.2) is 4.57 Å². The van der Waals surface area contributed by atoms with E-state index in [1.165, 1.54) is 27.6 Å². The summed E-state index contributed by atoms with van der Waals surface area (Å²) >= 11 is 0. The zero-order valence-electron chi connectivity index (χ0n) is 10.1. The van der Waals surface area contributed by atoms with Crippen molar-refractivity contribution in [2.45, 2.75) is 13.8 Å². The summed E-state index contributed by atoms with van der Waals surface area (Å²) in [4.78, 5) is 0. The summed E-state index contributed by atoms with van der Waals surface area (Å²) in [7, 11) is 0. The lowest BCUT2D eigenvalue weighted by atomic mass is 10.0. The molecule has 17 heavy (non-hydrogen) atoms. The second-order valence-electron chi connectivity index (χ2n) is 4.55. The molecule has 1 nitrogen and oxygen atoms in total. The molecule has 0 aliphatic heterocycles. The highest BCUT2D eigenvalue weighted by molar-refractivity contribution is 5.92. The Labute approximate surface area is 101 Å². The molecule has 0 N–H and O–H groups in total. The van der Waals surface area contributed by atoms with E-state index in [2.05, 4.69) is 73.3 Å². The topological polar surface area (TPSA) is 4.93 Å². The molecule has 0 saturated heterocycles. The van der Waals surface area contributed by atoms with Crippen LogP contribution in [0, 0.1) is 13.8 Å². The van der Waals surface area contributed by atoms with E-state index in [1.807, 2.05) is 0 Å². The standard InChI is InChI=1S/C16H15N/c1-12-5-8-15-14(11-12)7-6-13(2)16(15)17-9-3-4-10-17/h3-11H,1-2H3. The van der Waals surface area contributed by atoms with E-state index in [9.17, 15) is 0 Å². The van der Waals surface area contributed by atoms with E-state index in [-0.39, 0.29) is 0 Å². The SMILES string of the molecule is Cc1ccc2c(-n3cccc3)c(C)ccc2c1. The maximum atomic E-state index is 2.24. The normalized spacial score (nSPS) is 10.9. The highest BCUT2D eigenvalue weighted by atomic mass is 14.9. The first-order valence-electron chi connectivity index (χ1n) is 5.89. The lowest BCUT2D eigenvalue weighted by Gasteiger charge is -2.12. The van der Waals surface area contributed by atoms with Gasteiger partial charge in [0.2, 0.25) is 0 Å². The van der Waals surface area contributed by atoms with Gasteiger partial charge in [0.1, 0.15) is 0 Å². The molecule has 3 aromatic rings. The smallest absolute Gasteiger partial charge is 0.0556 e. The molecule has 3 rings (SSSR count). The van der Waals surface area contributed by atoms with Gasteiger partial charge in [-0.15, -0.1) is 0 Å². The number of rotatable bonds is 1. The van der Waals surface area contributed by atoms with Crippen molar-refractivity contribution in [2.24, 2.45) is 0 Å². The van der Waals surface area contributed by atoms with Gasteiger partial charge >= 0.3 is 0 Å². The Morgan fingerprint density at radius 1 is 0.882 bits per heavy atom. The summed E-state index contributed by atoms with van der Waals surface area (Å²) in [6.07, 6.45) is 4.20. The van der Waals surface area contributed by atoms with Gasteiger partial charge in [-0.25, -0.2) is 0 Å². The minimum atomic E-state index is 1.28. The van der Waals surface area contributed by atoms with Crippen molar-refractivity contribution in [3.63, 3.8) is 0 Å². The van der Waals surface area contributed by atoms with Gasteiger partial charge < -0.3 is 4.57 Å². The Hall–Kier alpha value is -2.02. The molecule has 1 heterocycles. The number of aryl methyl sites for hydroxylation is 2. The van der Waals surface area contributed by atoms with Crippen LogP contribution in [-0.2, 0) is 0 Å². The van der Waals surface area contributed by atoms with Crippen molar-refractivity contribution in [3.8, 4) is 5.69 Å². The first-order valence-corrected chi connectivity index (χ1v) is 5.89. The monoisotopic (exact) mass is 221 g/mol. The van der Waals surface area contributed by atoms with Gasteiger partial charge in [-0.1, -0.05) is 35.9 Å². The number of nitrogens with zero attached hydrogens (tertiary/aromatic N) is 1. The van der Waals surface area contributed by atoms with Gasteiger partial charge in [0, 0.05) is 17.8 Å². The highest BCUT2D eigenvalue weighted by Gasteiger charge is 2.05. The van der Waals surface area contributed by atoms with Crippen LogP contribution in [0.25, 0.3) is 16.5 Å². The summed E-state index contributed by atoms with van der Waals surface area (Å²) in [5.74, 6) is 0. The number of hydrogen-bond acceptors (Lipinski definition) is 0. The summed E-state index contributed by atoms with van der Waals surface area (Å²) in [6, 6.07) is 15.1. The fourth-order valence-corrected chi connectivity index (χ4v) is 2.37. The molecule has 0 radical (unpaired) electrons. The minimum Gasteiger partial charge on any atom is -0.323 e. The molecule has 0 unspecified atom stereocenters. The highest BCUT2D eigenvalue weighted by Crippen LogP contribution is 2.26. The quantitative estimate of drug-likeness (QED) is 0.579. The molecule has 0 spiro atoms. The Balaban J connectivity index is 2.40. The first kappa shape index (κ1) is 10.2. The lowest BCUT2D eigenvalue weighted by molar-refractivity contribution is 1.07. The van der Waals surface area contributed by atoms with Crippen molar-refractivity contribution in [3.05, 3.63) is 66.0 Å².